The molecule has 3 aromatic rings. The Morgan fingerprint density at radius 2 is 1.97 bits per heavy atom. The van der Waals surface area contributed by atoms with E-state index in [1.807, 2.05) is 0 Å². The number of hydrogen-bond acceptors (Lipinski definition) is 6. The lowest BCUT2D eigenvalue weighted by atomic mass is 10.1. The Morgan fingerprint density at radius 1 is 1.24 bits per heavy atom. The molecule has 0 saturated carbocycles. The number of nitrogens with one attached hydrogen (secondary N) is 1. The van der Waals surface area contributed by atoms with Crippen molar-refractivity contribution in [2.24, 2.45) is 7.05 Å². The van der Waals surface area contributed by atoms with Crippen LogP contribution in [0.15, 0.2) is 54.7 Å². The van der Waals surface area contributed by atoms with Gasteiger partial charge in [0.05, 0.1) is 16.8 Å². The molecule has 1 aromatic heterocycles. The highest BCUT2D eigenvalue weighted by Crippen LogP contribution is 2.19. The minimum absolute atomic E-state index is 0.0350. The Morgan fingerprint density at radius 3 is 2.62 bits per heavy atom. The summed E-state index contributed by atoms with van der Waals surface area (Å²) in [6.45, 7) is 0.145. The maximum Gasteiger partial charge on any atom is 0.356 e. The van der Waals surface area contributed by atoms with Crippen molar-refractivity contribution >= 4 is 23.3 Å². The van der Waals surface area contributed by atoms with Gasteiger partial charge in [-0.05, 0) is 29.8 Å². The van der Waals surface area contributed by atoms with Crippen molar-refractivity contribution in [3.63, 3.8) is 0 Å². The van der Waals surface area contributed by atoms with Gasteiger partial charge in [-0.3, -0.25) is 19.6 Å². The number of ether oxygens (including phenoxy) is 1. The van der Waals surface area contributed by atoms with Crippen molar-refractivity contribution in [1.82, 2.24) is 9.78 Å². The molecule has 2 aromatic carbocycles. The van der Waals surface area contributed by atoms with Crippen LogP contribution in [-0.2, 0) is 13.7 Å². The Bertz CT molecular complexity index is 1070. The Balaban J connectivity index is 1.68. The van der Waals surface area contributed by atoms with E-state index in [9.17, 15) is 24.8 Å². The first kappa shape index (κ1) is 19.5. The molecule has 1 amide bonds. The molecule has 0 atom stereocenters. The predicted octanol–water partition coefficient (Wildman–Crippen LogP) is 2.86. The fourth-order valence-electron chi connectivity index (χ4n) is 2.61. The van der Waals surface area contributed by atoms with Crippen molar-refractivity contribution in [3.05, 3.63) is 81.7 Å². The van der Waals surface area contributed by atoms with Gasteiger partial charge in [0.1, 0.15) is 12.4 Å². The van der Waals surface area contributed by atoms with E-state index in [2.05, 4.69) is 10.4 Å². The van der Waals surface area contributed by atoms with Crippen LogP contribution >= 0.6 is 0 Å². The standard InChI is InChI=1S/C19H16N4O6/c1-22-17(19(25)26)16(10-20-22)21-18(24)13-4-2-3-12(9-13)11-29-15-7-5-14(6-8-15)23(27)28/h2-10H,11H2,1H3,(H,21,24)(H,25,26). The lowest BCUT2D eigenvalue weighted by Crippen LogP contribution is -2.15. The topological polar surface area (TPSA) is 137 Å². The molecule has 0 aliphatic heterocycles. The SMILES string of the molecule is Cn1ncc(NC(=O)c2cccc(COc3ccc([N+](=O)[O-])cc3)c2)c1C(=O)O. The molecule has 29 heavy (non-hydrogen) atoms. The number of aromatic nitrogens is 2. The Kier molecular flexibility index (Phi) is 5.54. The Labute approximate surface area is 164 Å². The molecule has 148 valence electrons. The third kappa shape index (κ3) is 4.56. The molecule has 0 aliphatic rings. The summed E-state index contributed by atoms with van der Waals surface area (Å²) in [5, 5.41) is 26.3. The Hall–Kier alpha value is -4.21. The van der Waals surface area contributed by atoms with Crippen LogP contribution in [0.3, 0.4) is 0 Å². The number of carbonyl (C=O) groups is 2. The summed E-state index contributed by atoms with van der Waals surface area (Å²) in [7, 11) is 1.47. The zero-order chi connectivity index (χ0) is 21.0. The number of nitro groups is 1. The van der Waals surface area contributed by atoms with E-state index in [0.29, 0.717) is 16.9 Å². The summed E-state index contributed by atoms with van der Waals surface area (Å²) < 4.78 is 6.75. The number of hydrogen-bond donors (Lipinski definition) is 2. The van der Waals surface area contributed by atoms with Crippen LogP contribution < -0.4 is 10.1 Å². The predicted molar refractivity (Wildman–Crippen MR) is 102 cm³/mol. The van der Waals surface area contributed by atoms with E-state index in [1.165, 1.54) is 37.5 Å². The first-order chi connectivity index (χ1) is 13.8. The van der Waals surface area contributed by atoms with Crippen LogP contribution in [0.4, 0.5) is 11.4 Å². The smallest absolute Gasteiger partial charge is 0.356 e. The molecule has 10 heteroatoms. The maximum absolute atomic E-state index is 12.5. The van der Waals surface area contributed by atoms with Gasteiger partial charge in [-0.25, -0.2) is 4.79 Å². The van der Waals surface area contributed by atoms with Crippen molar-refractivity contribution < 1.29 is 24.4 Å². The van der Waals surface area contributed by atoms with Crippen LogP contribution in [0, 0.1) is 10.1 Å². The average Bonchev–Trinajstić information content (AvgIpc) is 3.07. The number of benzene rings is 2. The number of anilines is 1. The van der Waals surface area contributed by atoms with Crippen molar-refractivity contribution in [1.29, 1.82) is 0 Å². The number of rotatable bonds is 7. The van der Waals surface area contributed by atoms with Crippen LogP contribution in [0.25, 0.3) is 0 Å². The van der Waals surface area contributed by atoms with Crippen molar-refractivity contribution in [2.75, 3.05) is 5.32 Å². The second-order valence-corrected chi connectivity index (χ2v) is 6.03. The minimum atomic E-state index is -1.20. The van der Waals surface area contributed by atoms with E-state index >= 15 is 0 Å². The number of nitrogens with zero attached hydrogens (tertiary/aromatic N) is 3. The number of aryl methyl sites for hydroxylation is 1. The van der Waals surface area contributed by atoms with Crippen molar-refractivity contribution in [3.8, 4) is 5.75 Å². The van der Waals surface area contributed by atoms with Gasteiger partial charge in [0, 0.05) is 24.7 Å². The minimum Gasteiger partial charge on any atom is -0.489 e. The number of carboxylic acids is 1. The molecule has 0 aliphatic carbocycles. The lowest BCUT2D eigenvalue weighted by molar-refractivity contribution is -0.384. The van der Waals surface area contributed by atoms with E-state index in [4.69, 9.17) is 4.74 Å². The highest BCUT2D eigenvalue weighted by atomic mass is 16.6. The van der Waals surface area contributed by atoms with Gasteiger partial charge < -0.3 is 15.2 Å². The summed E-state index contributed by atoms with van der Waals surface area (Å²) in [5.41, 5.74) is 0.941. The van der Waals surface area contributed by atoms with Gasteiger partial charge in [-0.15, -0.1) is 0 Å². The van der Waals surface area contributed by atoms with Gasteiger partial charge in [0.15, 0.2) is 5.69 Å². The normalized spacial score (nSPS) is 10.4. The fourth-order valence-corrected chi connectivity index (χ4v) is 2.61. The second-order valence-electron chi connectivity index (χ2n) is 6.03. The third-order valence-corrected chi connectivity index (χ3v) is 4.03. The monoisotopic (exact) mass is 396 g/mol. The van der Waals surface area contributed by atoms with Crippen molar-refractivity contribution in [2.45, 2.75) is 6.61 Å². The van der Waals surface area contributed by atoms with Crippen LogP contribution in [0.2, 0.25) is 0 Å². The summed E-state index contributed by atoms with van der Waals surface area (Å²) >= 11 is 0. The summed E-state index contributed by atoms with van der Waals surface area (Å²) in [6.07, 6.45) is 1.27. The molecule has 10 nitrogen and oxygen atoms in total. The quantitative estimate of drug-likeness (QED) is 0.463. The van der Waals surface area contributed by atoms with E-state index in [0.717, 1.165) is 4.68 Å². The fraction of sp³-hybridized carbons (Fsp3) is 0.105. The van der Waals surface area contributed by atoms with Gasteiger partial charge >= 0.3 is 5.97 Å². The second kappa shape index (κ2) is 8.21. The third-order valence-electron chi connectivity index (χ3n) is 4.03. The summed E-state index contributed by atoms with van der Waals surface area (Å²) in [5.74, 6) is -1.24. The van der Waals surface area contributed by atoms with E-state index in [1.54, 1.807) is 24.3 Å². The molecular weight excluding hydrogens is 380 g/mol. The van der Waals surface area contributed by atoms with Gasteiger partial charge in [-0.1, -0.05) is 12.1 Å². The van der Waals surface area contributed by atoms with Crippen LogP contribution in [0.5, 0.6) is 5.75 Å². The number of carbonyl (C=O) groups excluding carboxylic acids is 1. The molecule has 2 N–H and O–H groups in total. The largest absolute Gasteiger partial charge is 0.489 e. The number of amides is 1. The number of nitro benzene ring substituents is 1. The van der Waals surface area contributed by atoms with E-state index < -0.39 is 16.8 Å². The number of aromatic carboxylic acids is 1. The molecule has 0 unspecified atom stereocenters. The lowest BCUT2D eigenvalue weighted by Gasteiger charge is -2.09. The molecule has 0 saturated heterocycles. The first-order valence-corrected chi connectivity index (χ1v) is 8.38. The van der Waals surface area contributed by atoms with Gasteiger partial charge in [0.25, 0.3) is 11.6 Å². The molecule has 3 rings (SSSR count). The average molecular weight is 396 g/mol. The van der Waals surface area contributed by atoms with Gasteiger partial charge in [-0.2, -0.15) is 5.10 Å². The zero-order valence-electron chi connectivity index (χ0n) is 15.2. The molecule has 0 radical (unpaired) electrons. The highest BCUT2D eigenvalue weighted by molar-refractivity contribution is 6.07. The molecule has 1 heterocycles. The molecular formula is C19H16N4O6. The molecule has 0 bridgehead atoms. The summed E-state index contributed by atoms with van der Waals surface area (Å²) in [4.78, 5) is 33.9. The number of carboxylic acid groups (broad SMARTS) is 1. The number of non-ortho nitro benzene ring substituents is 1. The molecule has 0 spiro atoms. The molecule has 0 fully saturated rings. The first-order valence-electron chi connectivity index (χ1n) is 8.38. The van der Waals surface area contributed by atoms with Crippen LogP contribution in [0.1, 0.15) is 26.4 Å². The maximum atomic E-state index is 12.5. The zero-order valence-corrected chi connectivity index (χ0v) is 15.2. The van der Waals surface area contributed by atoms with E-state index in [-0.39, 0.29) is 23.7 Å². The van der Waals surface area contributed by atoms with Crippen LogP contribution in [-0.4, -0.2) is 31.7 Å². The summed E-state index contributed by atoms with van der Waals surface area (Å²) in [6, 6.07) is 12.3. The van der Waals surface area contributed by atoms with Gasteiger partial charge in [0.2, 0.25) is 0 Å². The highest BCUT2D eigenvalue weighted by Gasteiger charge is 2.18.